The highest BCUT2D eigenvalue weighted by Gasteiger charge is 2.32. The van der Waals surface area contributed by atoms with Crippen LogP contribution in [-0.2, 0) is 14.9 Å². The molecule has 12 heteroatoms. The summed E-state index contributed by atoms with van der Waals surface area (Å²) in [6.07, 6.45) is 4.63. The number of oxime groups is 1. The standard InChI is InChI=1S/C18H15BrF3N3O.C2H6.CH5NO2S/c19-10-5-12(17-13(21)6-11(20)7-14(17)22)18(23-9-10)15-8-16(24-26-15)25-3-1-2-4-25;1-2;1-5(2,3)4/h5-7,9,15H,1-4,8H2;1-2H3;1H3,(H2,2,3,4). The Morgan fingerprint density at radius 1 is 1.12 bits per heavy atom. The average Bonchev–Trinajstić information content (AvgIpc) is 3.40. The van der Waals surface area contributed by atoms with Gasteiger partial charge < -0.3 is 9.74 Å². The van der Waals surface area contributed by atoms with Crippen LogP contribution in [-0.4, -0.2) is 43.5 Å². The Hall–Kier alpha value is -2.18. The van der Waals surface area contributed by atoms with Crippen LogP contribution >= 0.6 is 15.9 Å². The lowest BCUT2D eigenvalue weighted by atomic mass is 9.98. The number of likely N-dealkylation sites (tertiary alicyclic amines) is 1. The molecule has 3 heterocycles. The van der Waals surface area contributed by atoms with Crippen LogP contribution in [0.1, 0.15) is 44.9 Å². The van der Waals surface area contributed by atoms with E-state index in [0.717, 1.165) is 38.0 Å². The minimum absolute atomic E-state index is 0.220. The minimum Gasteiger partial charge on any atom is -0.384 e. The van der Waals surface area contributed by atoms with Crippen molar-refractivity contribution in [2.45, 2.75) is 39.2 Å². The van der Waals surface area contributed by atoms with Crippen LogP contribution in [0, 0.1) is 17.5 Å². The third-order valence-electron chi connectivity index (χ3n) is 4.59. The summed E-state index contributed by atoms with van der Waals surface area (Å²) in [7, 11) is -3.17. The third-order valence-corrected chi connectivity index (χ3v) is 5.02. The van der Waals surface area contributed by atoms with Crippen LogP contribution in [0.4, 0.5) is 13.2 Å². The molecule has 0 radical (unpaired) electrons. The summed E-state index contributed by atoms with van der Waals surface area (Å²) in [5, 5.41) is 8.46. The maximum atomic E-state index is 14.3. The number of primary sulfonamides is 1. The molecule has 1 unspecified atom stereocenters. The van der Waals surface area contributed by atoms with Crippen molar-refractivity contribution in [3.63, 3.8) is 0 Å². The number of rotatable bonds is 2. The minimum atomic E-state index is -3.17. The number of hydrogen-bond acceptors (Lipinski definition) is 6. The van der Waals surface area contributed by atoms with Crippen molar-refractivity contribution < 1.29 is 26.4 Å². The number of sulfonamides is 1. The topological polar surface area (TPSA) is 97.9 Å². The highest BCUT2D eigenvalue weighted by Crippen LogP contribution is 2.38. The molecular weight excluding hydrogens is 525 g/mol. The monoisotopic (exact) mass is 550 g/mol. The molecule has 33 heavy (non-hydrogen) atoms. The van der Waals surface area contributed by atoms with E-state index < -0.39 is 33.6 Å². The first-order valence-electron chi connectivity index (χ1n) is 10.3. The van der Waals surface area contributed by atoms with Crippen LogP contribution in [0.15, 0.2) is 34.0 Å². The van der Waals surface area contributed by atoms with Crippen LogP contribution in [0.25, 0.3) is 11.1 Å². The fourth-order valence-corrected chi connectivity index (χ4v) is 3.71. The molecule has 0 spiro atoms. The summed E-state index contributed by atoms with van der Waals surface area (Å²) in [5.41, 5.74) is 0.265. The van der Waals surface area contributed by atoms with Gasteiger partial charge >= 0.3 is 0 Å². The number of nitrogens with zero attached hydrogens (tertiary/aromatic N) is 3. The van der Waals surface area contributed by atoms with Crippen LogP contribution in [0.5, 0.6) is 0 Å². The van der Waals surface area contributed by atoms with E-state index in [-0.39, 0.29) is 11.1 Å². The first-order valence-corrected chi connectivity index (χ1v) is 13.0. The van der Waals surface area contributed by atoms with Crippen molar-refractivity contribution in [1.29, 1.82) is 0 Å². The van der Waals surface area contributed by atoms with Crippen molar-refractivity contribution in [2.75, 3.05) is 19.3 Å². The number of benzene rings is 1. The van der Waals surface area contributed by atoms with Gasteiger partial charge in [0, 0.05) is 41.5 Å². The van der Waals surface area contributed by atoms with E-state index in [1.807, 2.05) is 13.8 Å². The van der Waals surface area contributed by atoms with E-state index in [2.05, 4.69) is 36.1 Å². The van der Waals surface area contributed by atoms with E-state index in [1.165, 1.54) is 6.20 Å². The van der Waals surface area contributed by atoms with Crippen molar-refractivity contribution in [3.8, 4) is 11.1 Å². The van der Waals surface area contributed by atoms with Gasteiger partial charge in [-0.25, -0.2) is 26.7 Å². The molecule has 2 N–H and O–H groups in total. The number of nitrogens with two attached hydrogens (primary N) is 1. The van der Waals surface area contributed by atoms with E-state index in [4.69, 9.17) is 4.84 Å². The molecule has 1 aromatic carbocycles. The van der Waals surface area contributed by atoms with E-state index in [1.54, 1.807) is 6.07 Å². The highest BCUT2D eigenvalue weighted by molar-refractivity contribution is 9.10. The number of hydrogen-bond donors (Lipinski definition) is 1. The molecule has 0 saturated carbocycles. The molecule has 2 aliphatic heterocycles. The van der Waals surface area contributed by atoms with Gasteiger partial charge in [0.2, 0.25) is 10.0 Å². The second kappa shape index (κ2) is 11.8. The number of aromatic nitrogens is 1. The van der Waals surface area contributed by atoms with Gasteiger partial charge in [-0.3, -0.25) is 4.98 Å². The summed E-state index contributed by atoms with van der Waals surface area (Å²) in [5.74, 6) is -2.11. The van der Waals surface area contributed by atoms with Crippen molar-refractivity contribution in [3.05, 3.63) is 52.0 Å². The Balaban J connectivity index is 0.000000489. The quantitative estimate of drug-likeness (QED) is 0.582. The Labute approximate surface area is 200 Å². The van der Waals surface area contributed by atoms with Crippen molar-refractivity contribution in [2.24, 2.45) is 10.3 Å². The van der Waals surface area contributed by atoms with Gasteiger partial charge in [-0.05, 0) is 34.8 Å². The summed E-state index contributed by atoms with van der Waals surface area (Å²) < 4.78 is 61.3. The van der Waals surface area contributed by atoms with E-state index >= 15 is 0 Å². The zero-order valence-electron chi connectivity index (χ0n) is 18.5. The van der Waals surface area contributed by atoms with Crippen molar-refractivity contribution >= 4 is 31.8 Å². The molecule has 2 aliphatic rings. The smallest absolute Gasteiger partial charge is 0.206 e. The second-order valence-electron chi connectivity index (χ2n) is 7.16. The molecule has 0 amide bonds. The molecule has 1 fully saturated rings. The zero-order valence-corrected chi connectivity index (χ0v) is 20.9. The van der Waals surface area contributed by atoms with Gasteiger partial charge in [0.25, 0.3) is 0 Å². The SMILES string of the molecule is CC.CS(N)(=O)=O.Fc1cc(F)c(-c2cc(Br)cnc2C2CC(N3CCCC3)=NO2)c(F)c1. The summed E-state index contributed by atoms with van der Waals surface area (Å²) in [6, 6.07) is 2.87. The first-order chi connectivity index (χ1) is 15.5. The van der Waals surface area contributed by atoms with Gasteiger partial charge in [-0.2, -0.15) is 0 Å². The molecule has 1 aromatic heterocycles. The van der Waals surface area contributed by atoms with Gasteiger partial charge in [-0.15, -0.1) is 0 Å². The Morgan fingerprint density at radius 2 is 1.67 bits per heavy atom. The molecule has 0 aliphatic carbocycles. The Bertz CT molecular complexity index is 1080. The van der Waals surface area contributed by atoms with Gasteiger partial charge in [0.15, 0.2) is 6.10 Å². The van der Waals surface area contributed by atoms with Crippen LogP contribution in [0.3, 0.4) is 0 Å². The molecule has 1 saturated heterocycles. The highest BCUT2D eigenvalue weighted by atomic mass is 79.9. The van der Waals surface area contributed by atoms with Crippen LogP contribution < -0.4 is 5.14 Å². The van der Waals surface area contributed by atoms with Crippen LogP contribution in [0.2, 0.25) is 0 Å². The second-order valence-corrected chi connectivity index (χ2v) is 9.73. The average molecular weight is 551 g/mol. The maximum Gasteiger partial charge on any atom is 0.206 e. The number of amidine groups is 1. The summed E-state index contributed by atoms with van der Waals surface area (Å²) >= 11 is 3.27. The van der Waals surface area contributed by atoms with Gasteiger partial charge in [-0.1, -0.05) is 19.0 Å². The molecule has 1 atom stereocenters. The molecule has 0 bridgehead atoms. The van der Waals surface area contributed by atoms with E-state index in [0.29, 0.717) is 28.7 Å². The fourth-order valence-electron chi connectivity index (χ4n) is 3.38. The first kappa shape index (κ1) is 27.1. The normalized spacial score (nSPS) is 17.4. The molecule has 2 aromatic rings. The zero-order chi connectivity index (χ0) is 24.8. The summed E-state index contributed by atoms with van der Waals surface area (Å²) in [6.45, 7) is 5.85. The van der Waals surface area contributed by atoms with Gasteiger partial charge in [0.05, 0.1) is 23.9 Å². The summed E-state index contributed by atoms with van der Waals surface area (Å²) in [4.78, 5) is 12.0. The predicted molar refractivity (Wildman–Crippen MR) is 124 cm³/mol. The molecule has 4 rings (SSSR count). The third kappa shape index (κ3) is 7.68. The largest absolute Gasteiger partial charge is 0.384 e. The lowest BCUT2D eigenvalue weighted by molar-refractivity contribution is 0.0828. The number of halogens is 4. The molecule has 182 valence electrons. The molecular formula is C21H26BrF3N4O3S. The fraction of sp³-hybridized carbons (Fsp3) is 0.429. The Kier molecular flexibility index (Phi) is 9.68. The lowest BCUT2D eigenvalue weighted by Crippen LogP contribution is -2.26. The van der Waals surface area contributed by atoms with E-state index in [9.17, 15) is 21.6 Å². The maximum absolute atomic E-state index is 14.3. The lowest BCUT2D eigenvalue weighted by Gasteiger charge is -2.17. The van der Waals surface area contributed by atoms with Crippen molar-refractivity contribution in [1.82, 2.24) is 9.88 Å². The number of pyridine rings is 1. The predicted octanol–water partition coefficient (Wildman–Crippen LogP) is 4.73. The Morgan fingerprint density at radius 3 is 2.21 bits per heavy atom. The molecule has 7 nitrogen and oxygen atoms in total. The van der Waals surface area contributed by atoms with Gasteiger partial charge in [0.1, 0.15) is 23.3 Å².